The maximum Gasteiger partial charge on any atom is 0.308 e. The third-order valence-electron chi connectivity index (χ3n) is 1.51. The second kappa shape index (κ2) is 6.40. The van der Waals surface area contributed by atoms with Crippen LogP contribution in [-0.4, -0.2) is 18.4 Å². The van der Waals surface area contributed by atoms with Gasteiger partial charge in [-0.1, -0.05) is 20.4 Å². The fraction of sp³-hybridized carbons (Fsp3) is 0.600. The minimum Gasteiger partial charge on any atom is -0.465 e. The molecule has 0 spiro atoms. The molecule has 0 heterocycles. The SMILES string of the molecule is C=CC(=O)CCCOC(=O)C(C)C. The molecule has 3 heteroatoms. The Bertz CT molecular complexity index is 194. The van der Waals surface area contributed by atoms with Gasteiger partial charge in [-0.15, -0.1) is 0 Å². The van der Waals surface area contributed by atoms with E-state index >= 15 is 0 Å². The predicted molar refractivity (Wildman–Crippen MR) is 50.2 cm³/mol. The van der Waals surface area contributed by atoms with Crippen LogP contribution in [0.3, 0.4) is 0 Å². The number of rotatable bonds is 6. The van der Waals surface area contributed by atoms with E-state index in [-0.39, 0.29) is 17.7 Å². The summed E-state index contributed by atoms with van der Waals surface area (Å²) in [6.07, 6.45) is 2.25. The van der Waals surface area contributed by atoms with E-state index in [0.29, 0.717) is 19.4 Å². The normalized spacial score (nSPS) is 9.77. The van der Waals surface area contributed by atoms with Crippen LogP contribution in [0, 0.1) is 5.92 Å². The Morgan fingerprint density at radius 3 is 2.54 bits per heavy atom. The molecule has 3 nitrogen and oxygen atoms in total. The van der Waals surface area contributed by atoms with Crippen LogP contribution in [-0.2, 0) is 14.3 Å². The number of esters is 1. The van der Waals surface area contributed by atoms with Crippen LogP contribution in [0.5, 0.6) is 0 Å². The highest BCUT2D eigenvalue weighted by molar-refractivity contribution is 5.88. The van der Waals surface area contributed by atoms with Crippen molar-refractivity contribution in [2.24, 2.45) is 5.92 Å². The lowest BCUT2D eigenvalue weighted by Gasteiger charge is -2.05. The molecule has 0 saturated carbocycles. The van der Waals surface area contributed by atoms with Crippen molar-refractivity contribution in [3.63, 3.8) is 0 Å². The second-order valence-corrected chi connectivity index (χ2v) is 3.10. The summed E-state index contributed by atoms with van der Waals surface area (Å²) >= 11 is 0. The topological polar surface area (TPSA) is 43.4 Å². The second-order valence-electron chi connectivity index (χ2n) is 3.10. The van der Waals surface area contributed by atoms with E-state index in [0.717, 1.165) is 0 Å². The number of carbonyl (C=O) groups excluding carboxylic acids is 2. The quantitative estimate of drug-likeness (QED) is 0.358. The third kappa shape index (κ3) is 6.08. The van der Waals surface area contributed by atoms with E-state index in [1.54, 1.807) is 13.8 Å². The van der Waals surface area contributed by atoms with Gasteiger partial charge in [-0.05, 0) is 12.5 Å². The number of ketones is 1. The van der Waals surface area contributed by atoms with E-state index in [9.17, 15) is 9.59 Å². The summed E-state index contributed by atoms with van der Waals surface area (Å²) in [5.41, 5.74) is 0. The number of carbonyl (C=O) groups is 2. The molecule has 0 aromatic heterocycles. The number of hydrogen-bond acceptors (Lipinski definition) is 3. The molecule has 0 amide bonds. The third-order valence-corrected chi connectivity index (χ3v) is 1.51. The molecule has 0 saturated heterocycles. The predicted octanol–water partition coefficient (Wildman–Crippen LogP) is 1.72. The summed E-state index contributed by atoms with van der Waals surface area (Å²) in [6, 6.07) is 0. The van der Waals surface area contributed by atoms with Gasteiger partial charge in [0.15, 0.2) is 5.78 Å². The first-order valence-electron chi connectivity index (χ1n) is 4.39. The van der Waals surface area contributed by atoms with Crippen molar-refractivity contribution >= 4 is 11.8 Å². The van der Waals surface area contributed by atoms with E-state index in [1.807, 2.05) is 0 Å². The monoisotopic (exact) mass is 184 g/mol. The lowest BCUT2D eigenvalue weighted by molar-refractivity contribution is -0.147. The highest BCUT2D eigenvalue weighted by Crippen LogP contribution is 1.98. The molecule has 0 unspecified atom stereocenters. The van der Waals surface area contributed by atoms with Crippen LogP contribution < -0.4 is 0 Å². The van der Waals surface area contributed by atoms with Crippen LogP contribution in [0.4, 0.5) is 0 Å². The molecule has 0 aromatic carbocycles. The lowest BCUT2D eigenvalue weighted by Crippen LogP contribution is -2.12. The highest BCUT2D eigenvalue weighted by atomic mass is 16.5. The largest absolute Gasteiger partial charge is 0.465 e. The zero-order valence-corrected chi connectivity index (χ0v) is 8.21. The van der Waals surface area contributed by atoms with E-state index < -0.39 is 0 Å². The van der Waals surface area contributed by atoms with Crippen LogP contribution >= 0.6 is 0 Å². The molecule has 74 valence electrons. The van der Waals surface area contributed by atoms with Gasteiger partial charge in [0.05, 0.1) is 12.5 Å². The molecule has 0 rings (SSSR count). The number of ether oxygens (including phenoxy) is 1. The molecule has 13 heavy (non-hydrogen) atoms. The maximum absolute atomic E-state index is 10.9. The van der Waals surface area contributed by atoms with Gasteiger partial charge in [0.25, 0.3) is 0 Å². The molecule has 0 aromatic rings. The van der Waals surface area contributed by atoms with Crippen molar-refractivity contribution in [1.29, 1.82) is 0 Å². The van der Waals surface area contributed by atoms with Crippen LogP contribution in [0.15, 0.2) is 12.7 Å². The number of allylic oxidation sites excluding steroid dienone is 1. The van der Waals surface area contributed by atoms with Crippen molar-refractivity contribution in [3.8, 4) is 0 Å². The fourth-order valence-electron chi connectivity index (χ4n) is 0.688. The van der Waals surface area contributed by atoms with Crippen molar-refractivity contribution in [3.05, 3.63) is 12.7 Å². The van der Waals surface area contributed by atoms with Gasteiger partial charge in [0, 0.05) is 6.42 Å². The van der Waals surface area contributed by atoms with Gasteiger partial charge in [0.2, 0.25) is 0 Å². The van der Waals surface area contributed by atoms with Crippen LogP contribution in [0.1, 0.15) is 26.7 Å². The summed E-state index contributed by atoms with van der Waals surface area (Å²) in [7, 11) is 0. The molecule has 0 radical (unpaired) electrons. The van der Waals surface area contributed by atoms with Gasteiger partial charge < -0.3 is 4.74 Å². The Balaban J connectivity index is 3.41. The van der Waals surface area contributed by atoms with Gasteiger partial charge >= 0.3 is 5.97 Å². The molecular weight excluding hydrogens is 168 g/mol. The molecule has 0 bridgehead atoms. The average molecular weight is 184 g/mol. The van der Waals surface area contributed by atoms with Crippen molar-refractivity contribution < 1.29 is 14.3 Å². The minimum atomic E-state index is -0.217. The highest BCUT2D eigenvalue weighted by Gasteiger charge is 2.07. The summed E-state index contributed by atoms with van der Waals surface area (Å²) in [5.74, 6) is -0.332. The molecule has 0 fully saturated rings. The average Bonchev–Trinajstić information content (AvgIpc) is 2.11. The Morgan fingerprint density at radius 1 is 1.46 bits per heavy atom. The Morgan fingerprint density at radius 2 is 2.08 bits per heavy atom. The molecule has 0 aliphatic rings. The van der Waals surface area contributed by atoms with E-state index in [2.05, 4.69) is 6.58 Å². The molecule has 0 N–H and O–H groups in total. The van der Waals surface area contributed by atoms with Crippen LogP contribution in [0.25, 0.3) is 0 Å². The first-order chi connectivity index (χ1) is 6.07. The maximum atomic E-state index is 10.9. The van der Waals surface area contributed by atoms with Gasteiger partial charge in [0.1, 0.15) is 0 Å². The number of hydrogen-bond donors (Lipinski definition) is 0. The summed E-state index contributed by atoms with van der Waals surface area (Å²) in [4.78, 5) is 21.7. The minimum absolute atomic E-state index is 0.0133. The van der Waals surface area contributed by atoms with Gasteiger partial charge in [-0.2, -0.15) is 0 Å². The molecule has 0 aliphatic heterocycles. The zero-order chi connectivity index (χ0) is 10.3. The summed E-state index contributed by atoms with van der Waals surface area (Å²) in [6.45, 7) is 7.21. The molecule has 0 aliphatic carbocycles. The first kappa shape index (κ1) is 11.9. The van der Waals surface area contributed by atoms with Crippen LogP contribution in [0.2, 0.25) is 0 Å². The Labute approximate surface area is 78.8 Å². The van der Waals surface area contributed by atoms with Crippen molar-refractivity contribution in [2.45, 2.75) is 26.7 Å². The van der Waals surface area contributed by atoms with E-state index in [4.69, 9.17) is 4.74 Å². The standard InChI is InChI=1S/C10H16O3/c1-4-9(11)6-5-7-13-10(12)8(2)3/h4,8H,1,5-7H2,2-3H3. The van der Waals surface area contributed by atoms with Crippen molar-refractivity contribution in [1.82, 2.24) is 0 Å². The Hall–Kier alpha value is -1.12. The smallest absolute Gasteiger partial charge is 0.308 e. The first-order valence-corrected chi connectivity index (χ1v) is 4.39. The Kier molecular flexibility index (Phi) is 5.85. The van der Waals surface area contributed by atoms with Gasteiger partial charge in [-0.3, -0.25) is 9.59 Å². The van der Waals surface area contributed by atoms with E-state index in [1.165, 1.54) is 6.08 Å². The summed E-state index contributed by atoms with van der Waals surface area (Å²) in [5, 5.41) is 0. The molecular formula is C10H16O3. The van der Waals surface area contributed by atoms with Crippen molar-refractivity contribution in [2.75, 3.05) is 6.61 Å². The van der Waals surface area contributed by atoms with Gasteiger partial charge in [-0.25, -0.2) is 0 Å². The fourth-order valence-corrected chi connectivity index (χ4v) is 0.688. The lowest BCUT2D eigenvalue weighted by atomic mass is 10.2. The summed E-state index contributed by atoms with van der Waals surface area (Å²) < 4.78 is 4.87. The molecule has 0 atom stereocenters. The zero-order valence-electron chi connectivity index (χ0n) is 8.21.